The number of carbonyl (C=O) groups is 1. The monoisotopic (exact) mass is 486 g/mol. The van der Waals surface area contributed by atoms with Crippen LogP contribution in [0, 0.1) is 13.8 Å². The molecule has 5 rings (SSSR count). The first-order valence-corrected chi connectivity index (χ1v) is 12.6. The van der Waals surface area contributed by atoms with E-state index in [4.69, 9.17) is 0 Å². The van der Waals surface area contributed by atoms with Crippen LogP contribution < -0.4 is 10.9 Å². The number of hydrogen-bond acceptors (Lipinski definition) is 6. The molecule has 2 aromatic carbocycles. The zero-order valence-corrected chi connectivity index (χ0v) is 20.4. The zero-order valence-electron chi connectivity index (χ0n) is 18.7. The van der Waals surface area contributed by atoms with Gasteiger partial charge in [-0.15, -0.1) is 22.7 Å². The van der Waals surface area contributed by atoms with Gasteiger partial charge in [0.1, 0.15) is 9.84 Å². The summed E-state index contributed by atoms with van der Waals surface area (Å²) in [6.07, 6.45) is 1.76. The van der Waals surface area contributed by atoms with Crippen LogP contribution in [0.5, 0.6) is 0 Å². The second kappa shape index (κ2) is 9.32. The summed E-state index contributed by atoms with van der Waals surface area (Å²) in [6, 6.07) is 15.8. The molecule has 0 saturated carbocycles. The third-order valence-corrected chi connectivity index (χ3v) is 7.34. The molecule has 0 aliphatic carbocycles. The third-order valence-electron chi connectivity index (χ3n) is 5.56. The molecule has 170 valence electrons. The van der Waals surface area contributed by atoms with Gasteiger partial charge in [-0.2, -0.15) is 0 Å². The summed E-state index contributed by atoms with van der Waals surface area (Å²) in [5, 5.41) is 8.18. The molecule has 0 aliphatic heterocycles. The minimum Gasteiger partial charge on any atom is -0.325 e. The van der Waals surface area contributed by atoms with E-state index in [1.54, 1.807) is 10.9 Å². The predicted molar refractivity (Wildman–Crippen MR) is 139 cm³/mol. The highest BCUT2D eigenvalue weighted by Gasteiger charge is 2.15. The van der Waals surface area contributed by atoms with Crippen LogP contribution in [0.25, 0.3) is 21.3 Å². The van der Waals surface area contributed by atoms with Crippen LogP contribution in [0.1, 0.15) is 21.8 Å². The Morgan fingerprint density at radius 1 is 1.06 bits per heavy atom. The predicted octanol–water partition coefficient (Wildman–Crippen LogP) is 5.43. The maximum Gasteiger partial charge on any atom is 0.263 e. The molecule has 6 nitrogen and oxygen atoms in total. The average molecular weight is 487 g/mol. The lowest BCUT2D eigenvalue weighted by atomic mass is 10.1. The number of thiazole rings is 1. The van der Waals surface area contributed by atoms with Gasteiger partial charge in [0.15, 0.2) is 0 Å². The molecule has 0 saturated heterocycles. The largest absolute Gasteiger partial charge is 0.325 e. The number of nitrogens with one attached hydrogen (secondary N) is 1. The molecule has 0 atom stereocenters. The van der Waals surface area contributed by atoms with Gasteiger partial charge >= 0.3 is 0 Å². The Kier molecular flexibility index (Phi) is 6.08. The smallest absolute Gasteiger partial charge is 0.263 e. The molecule has 0 radical (unpaired) electrons. The fraction of sp³-hybridized carbons (Fsp3) is 0.154. The van der Waals surface area contributed by atoms with Crippen LogP contribution in [-0.2, 0) is 17.8 Å². The topological polar surface area (TPSA) is 76.9 Å². The molecule has 3 heterocycles. The first kappa shape index (κ1) is 22.2. The zero-order chi connectivity index (χ0) is 23.7. The van der Waals surface area contributed by atoms with Crippen LogP contribution in [0.4, 0.5) is 5.69 Å². The van der Waals surface area contributed by atoms with Crippen molar-refractivity contribution >= 4 is 44.5 Å². The summed E-state index contributed by atoms with van der Waals surface area (Å²) in [4.78, 5) is 35.6. The minimum absolute atomic E-state index is 0.0904. The molecule has 34 heavy (non-hydrogen) atoms. The number of fused-ring (bicyclic) bond motifs is 1. The molecule has 8 heteroatoms. The second-order valence-corrected chi connectivity index (χ2v) is 9.95. The van der Waals surface area contributed by atoms with Gasteiger partial charge in [-0.1, -0.05) is 42.5 Å². The maximum atomic E-state index is 13.3. The molecule has 1 amide bonds. The number of anilines is 1. The molecule has 0 spiro atoms. The van der Waals surface area contributed by atoms with Crippen molar-refractivity contribution in [1.82, 2.24) is 14.5 Å². The number of amides is 1. The number of rotatable bonds is 6. The van der Waals surface area contributed by atoms with E-state index in [0.29, 0.717) is 16.9 Å². The van der Waals surface area contributed by atoms with Crippen LogP contribution in [0.3, 0.4) is 0 Å². The van der Waals surface area contributed by atoms with Gasteiger partial charge in [-0.05, 0) is 36.6 Å². The molecule has 3 aromatic heterocycles. The highest BCUT2D eigenvalue weighted by atomic mass is 32.1. The fourth-order valence-corrected chi connectivity index (χ4v) is 5.48. The third kappa shape index (κ3) is 4.55. The molecule has 1 N–H and O–H groups in total. The van der Waals surface area contributed by atoms with E-state index in [1.165, 1.54) is 22.7 Å². The Hall–Kier alpha value is -3.62. The number of carbonyl (C=O) groups excluding carboxylic acids is 1. The Balaban J connectivity index is 1.34. The lowest BCUT2D eigenvalue weighted by molar-refractivity contribution is -0.115. The lowest BCUT2D eigenvalue weighted by Crippen LogP contribution is -2.21. The van der Waals surface area contributed by atoms with Crippen molar-refractivity contribution in [3.63, 3.8) is 0 Å². The molecule has 5 aromatic rings. The molecule has 0 bridgehead atoms. The molecule has 0 fully saturated rings. The number of hydrogen-bond donors (Lipinski definition) is 1. The van der Waals surface area contributed by atoms with E-state index in [9.17, 15) is 9.59 Å². The molecular weight excluding hydrogens is 464 g/mol. The Bertz CT molecular complexity index is 1550. The van der Waals surface area contributed by atoms with Gasteiger partial charge in [-0.25, -0.2) is 9.97 Å². The molecular formula is C26H22N4O2S2. The van der Waals surface area contributed by atoms with Gasteiger partial charge < -0.3 is 5.32 Å². The van der Waals surface area contributed by atoms with E-state index < -0.39 is 0 Å². The van der Waals surface area contributed by atoms with Crippen LogP contribution in [0.2, 0.25) is 0 Å². The van der Waals surface area contributed by atoms with Crippen molar-refractivity contribution in [3.05, 3.63) is 97.8 Å². The summed E-state index contributed by atoms with van der Waals surface area (Å²) in [6.45, 7) is 4.27. The van der Waals surface area contributed by atoms with Gasteiger partial charge in [0.25, 0.3) is 5.56 Å². The van der Waals surface area contributed by atoms with E-state index in [0.717, 1.165) is 38.5 Å². The van der Waals surface area contributed by atoms with Crippen molar-refractivity contribution in [3.8, 4) is 11.1 Å². The van der Waals surface area contributed by atoms with Gasteiger partial charge in [0, 0.05) is 22.0 Å². The highest BCUT2D eigenvalue weighted by molar-refractivity contribution is 7.17. The summed E-state index contributed by atoms with van der Waals surface area (Å²) < 4.78 is 1.58. The lowest BCUT2D eigenvalue weighted by Gasteiger charge is -2.08. The fourth-order valence-electron chi connectivity index (χ4n) is 3.79. The standard InChI is InChI=1S/C26H22N4O2S2/c1-16-8-9-17(2)21(10-16)29-22(31)11-23-28-19(13-33-23)12-30-15-27-25-24(26(30)32)20(14-34-25)18-6-4-3-5-7-18/h3-10,13-15H,11-12H2,1-2H3,(H,29,31). The van der Waals surface area contributed by atoms with Crippen LogP contribution in [0.15, 0.2) is 70.4 Å². The Labute approximate surface area is 204 Å². The summed E-state index contributed by atoms with van der Waals surface area (Å²) in [7, 11) is 0. The van der Waals surface area contributed by atoms with Gasteiger partial charge in [0.2, 0.25) is 5.91 Å². The highest BCUT2D eigenvalue weighted by Crippen LogP contribution is 2.30. The van der Waals surface area contributed by atoms with Crippen molar-refractivity contribution in [2.75, 3.05) is 5.32 Å². The van der Waals surface area contributed by atoms with E-state index >= 15 is 0 Å². The SMILES string of the molecule is Cc1ccc(C)c(NC(=O)Cc2nc(Cn3cnc4scc(-c5ccccc5)c4c3=O)cs2)c1. The van der Waals surface area contributed by atoms with E-state index in [2.05, 4.69) is 15.3 Å². The molecule has 0 aliphatic rings. The van der Waals surface area contributed by atoms with Crippen molar-refractivity contribution in [2.45, 2.75) is 26.8 Å². The first-order valence-electron chi connectivity index (χ1n) is 10.8. The quantitative estimate of drug-likeness (QED) is 0.347. The minimum atomic E-state index is -0.111. The van der Waals surface area contributed by atoms with E-state index in [-0.39, 0.29) is 17.9 Å². The number of aryl methyl sites for hydroxylation is 2. The average Bonchev–Trinajstić information content (AvgIpc) is 3.46. The van der Waals surface area contributed by atoms with Gasteiger partial charge in [-0.3, -0.25) is 14.2 Å². The number of nitrogens with zero attached hydrogens (tertiary/aromatic N) is 3. The number of benzene rings is 2. The van der Waals surface area contributed by atoms with Crippen LogP contribution >= 0.6 is 22.7 Å². The maximum absolute atomic E-state index is 13.3. The van der Waals surface area contributed by atoms with E-state index in [1.807, 2.05) is 73.1 Å². The van der Waals surface area contributed by atoms with Crippen molar-refractivity contribution in [1.29, 1.82) is 0 Å². The summed E-state index contributed by atoms with van der Waals surface area (Å²) in [5.74, 6) is -0.111. The first-order chi connectivity index (χ1) is 16.5. The van der Waals surface area contributed by atoms with Crippen LogP contribution in [-0.4, -0.2) is 20.4 Å². The molecule has 0 unspecified atom stereocenters. The summed E-state index contributed by atoms with van der Waals surface area (Å²) in [5.41, 5.74) is 5.47. The Morgan fingerprint density at radius 3 is 2.71 bits per heavy atom. The Morgan fingerprint density at radius 2 is 1.88 bits per heavy atom. The number of thiophene rings is 1. The normalized spacial score (nSPS) is 11.1. The number of aromatic nitrogens is 3. The van der Waals surface area contributed by atoms with Crippen molar-refractivity contribution < 1.29 is 4.79 Å². The second-order valence-electron chi connectivity index (χ2n) is 8.15. The van der Waals surface area contributed by atoms with Crippen molar-refractivity contribution in [2.24, 2.45) is 0 Å². The van der Waals surface area contributed by atoms with Gasteiger partial charge in [0.05, 0.1) is 30.4 Å². The summed E-state index contributed by atoms with van der Waals surface area (Å²) >= 11 is 2.89.